The van der Waals surface area contributed by atoms with Crippen molar-refractivity contribution < 1.29 is 32.2 Å². The Hall–Kier alpha value is -1.19. The van der Waals surface area contributed by atoms with E-state index >= 15 is 0 Å². The quantitative estimate of drug-likeness (QED) is 0.427. The minimum Gasteiger partial charge on any atom is -0.454 e. The molecule has 116 valence electrons. The molecule has 0 aromatic heterocycles. The molecule has 0 spiro atoms. The van der Waals surface area contributed by atoms with Gasteiger partial charge in [0.15, 0.2) is 23.2 Å². The Balaban J connectivity index is 2.13. The van der Waals surface area contributed by atoms with Gasteiger partial charge in [0.25, 0.3) is 0 Å². The van der Waals surface area contributed by atoms with Crippen LogP contribution >= 0.6 is 0 Å². The molecular formula is C11H19NO7S. The van der Waals surface area contributed by atoms with Crippen molar-refractivity contribution in [1.82, 2.24) is 4.90 Å². The third-order valence-electron chi connectivity index (χ3n) is 2.76. The monoisotopic (exact) mass is 309 g/mol. The molecule has 20 heavy (non-hydrogen) atoms. The van der Waals surface area contributed by atoms with Crippen LogP contribution < -0.4 is 0 Å². The number of ether oxygens (including phenoxy) is 3. The van der Waals surface area contributed by atoms with E-state index in [-0.39, 0.29) is 24.7 Å². The lowest BCUT2D eigenvalue weighted by molar-refractivity contribution is -0.165. The number of hydrogen-bond acceptors (Lipinski definition) is 8. The maximum Gasteiger partial charge on any atom is 0.346 e. The molecule has 1 aliphatic rings. The molecular weight excluding hydrogens is 290 g/mol. The molecule has 0 amide bonds. The van der Waals surface area contributed by atoms with Crippen LogP contribution in [-0.2, 0) is 33.6 Å². The summed E-state index contributed by atoms with van der Waals surface area (Å²) in [6.07, 6.45) is 0.109. The Kier molecular flexibility index (Phi) is 6.89. The standard InChI is InChI=1S/C11H19NO7S/c1-17-9-19-11(14)8-18-10(13)2-3-12-4-6-20(15,16)7-5-12/h2-9H2,1H3. The summed E-state index contributed by atoms with van der Waals surface area (Å²) in [7, 11) is -1.54. The van der Waals surface area contributed by atoms with Gasteiger partial charge in [0.2, 0.25) is 0 Å². The molecule has 0 radical (unpaired) electrons. The highest BCUT2D eigenvalue weighted by molar-refractivity contribution is 7.91. The molecule has 1 saturated heterocycles. The van der Waals surface area contributed by atoms with E-state index < -0.39 is 28.4 Å². The number of carbonyl (C=O) groups is 2. The summed E-state index contributed by atoms with van der Waals surface area (Å²) in [6.45, 7) is 0.633. The van der Waals surface area contributed by atoms with E-state index in [0.717, 1.165) is 0 Å². The summed E-state index contributed by atoms with van der Waals surface area (Å²) in [6, 6.07) is 0. The zero-order chi connectivity index (χ0) is 15.0. The van der Waals surface area contributed by atoms with Crippen molar-refractivity contribution in [2.45, 2.75) is 6.42 Å². The first kappa shape index (κ1) is 16.9. The Morgan fingerprint density at radius 2 is 1.75 bits per heavy atom. The Labute approximate surface area is 117 Å². The maximum absolute atomic E-state index is 11.4. The van der Waals surface area contributed by atoms with Crippen LogP contribution in [0.3, 0.4) is 0 Å². The van der Waals surface area contributed by atoms with Gasteiger partial charge >= 0.3 is 11.9 Å². The lowest BCUT2D eigenvalue weighted by Crippen LogP contribution is -2.41. The average molecular weight is 309 g/mol. The molecule has 0 atom stereocenters. The summed E-state index contributed by atoms with van der Waals surface area (Å²) in [5, 5.41) is 0. The zero-order valence-electron chi connectivity index (χ0n) is 11.4. The van der Waals surface area contributed by atoms with Crippen LogP contribution in [0.2, 0.25) is 0 Å². The van der Waals surface area contributed by atoms with Gasteiger partial charge in [0.05, 0.1) is 17.9 Å². The Morgan fingerprint density at radius 1 is 1.10 bits per heavy atom. The third-order valence-corrected chi connectivity index (χ3v) is 4.37. The van der Waals surface area contributed by atoms with E-state index in [0.29, 0.717) is 19.6 Å². The Bertz CT molecular complexity index is 420. The highest BCUT2D eigenvalue weighted by Crippen LogP contribution is 2.04. The SMILES string of the molecule is COCOC(=O)COC(=O)CCN1CCS(=O)(=O)CC1. The second kappa shape index (κ2) is 8.18. The van der Waals surface area contributed by atoms with Crippen molar-refractivity contribution >= 4 is 21.8 Å². The van der Waals surface area contributed by atoms with Crippen LogP contribution in [0, 0.1) is 0 Å². The molecule has 1 aliphatic heterocycles. The van der Waals surface area contributed by atoms with Gasteiger partial charge in [-0.15, -0.1) is 0 Å². The van der Waals surface area contributed by atoms with E-state index in [1.54, 1.807) is 0 Å². The van der Waals surface area contributed by atoms with Gasteiger partial charge in [0, 0.05) is 26.7 Å². The van der Waals surface area contributed by atoms with Crippen molar-refractivity contribution in [2.24, 2.45) is 0 Å². The lowest BCUT2D eigenvalue weighted by atomic mass is 10.3. The molecule has 0 saturated carbocycles. The van der Waals surface area contributed by atoms with Gasteiger partial charge in [-0.2, -0.15) is 0 Å². The van der Waals surface area contributed by atoms with Gasteiger partial charge in [-0.1, -0.05) is 0 Å². The number of hydrogen-bond donors (Lipinski definition) is 0. The third kappa shape index (κ3) is 6.83. The fourth-order valence-corrected chi connectivity index (χ4v) is 2.88. The summed E-state index contributed by atoms with van der Waals surface area (Å²) < 4.78 is 36.2. The predicted molar refractivity (Wildman–Crippen MR) is 68.6 cm³/mol. The number of esters is 2. The van der Waals surface area contributed by atoms with Crippen LogP contribution in [0.15, 0.2) is 0 Å². The zero-order valence-corrected chi connectivity index (χ0v) is 12.2. The molecule has 1 rings (SSSR count). The molecule has 0 aromatic carbocycles. The van der Waals surface area contributed by atoms with E-state index in [1.807, 2.05) is 4.90 Å². The molecule has 0 bridgehead atoms. The van der Waals surface area contributed by atoms with Crippen LogP contribution in [0.1, 0.15) is 6.42 Å². The number of carbonyl (C=O) groups excluding carboxylic acids is 2. The first-order valence-corrected chi connectivity index (χ1v) is 7.98. The van der Waals surface area contributed by atoms with Crippen molar-refractivity contribution in [3.05, 3.63) is 0 Å². The largest absolute Gasteiger partial charge is 0.454 e. The van der Waals surface area contributed by atoms with Gasteiger partial charge < -0.3 is 19.1 Å². The first-order chi connectivity index (χ1) is 9.43. The summed E-state index contributed by atoms with van der Waals surface area (Å²) >= 11 is 0. The molecule has 1 heterocycles. The lowest BCUT2D eigenvalue weighted by Gasteiger charge is -2.25. The molecule has 1 fully saturated rings. The molecule has 0 aliphatic carbocycles. The number of nitrogens with zero attached hydrogens (tertiary/aromatic N) is 1. The van der Waals surface area contributed by atoms with Crippen molar-refractivity contribution in [3.63, 3.8) is 0 Å². The molecule has 0 unspecified atom stereocenters. The van der Waals surface area contributed by atoms with Crippen LogP contribution in [-0.4, -0.2) is 76.9 Å². The van der Waals surface area contributed by atoms with Gasteiger partial charge in [-0.3, -0.25) is 4.79 Å². The highest BCUT2D eigenvalue weighted by Gasteiger charge is 2.22. The van der Waals surface area contributed by atoms with Crippen LogP contribution in [0.4, 0.5) is 0 Å². The number of methoxy groups -OCH3 is 1. The summed E-state index contributed by atoms with van der Waals surface area (Å²) in [5.74, 6) is -0.964. The van der Waals surface area contributed by atoms with E-state index in [1.165, 1.54) is 7.11 Å². The smallest absolute Gasteiger partial charge is 0.346 e. The second-order valence-electron chi connectivity index (χ2n) is 4.33. The second-order valence-corrected chi connectivity index (χ2v) is 6.63. The van der Waals surface area contributed by atoms with E-state index in [9.17, 15) is 18.0 Å². The van der Waals surface area contributed by atoms with Crippen LogP contribution in [0.5, 0.6) is 0 Å². The van der Waals surface area contributed by atoms with E-state index in [4.69, 9.17) is 4.74 Å². The maximum atomic E-state index is 11.4. The summed E-state index contributed by atoms with van der Waals surface area (Å²) in [4.78, 5) is 24.3. The number of sulfone groups is 1. The van der Waals surface area contributed by atoms with E-state index in [2.05, 4.69) is 9.47 Å². The molecule has 9 heteroatoms. The Morgan fingerprint density at radius 3 is 2.35 bits per heavy atom. The highest BCUT2D eigenvalue weighted by atomic mass is 32.2. The van der Waals surface area contributed by atoms with Gasteiger partial charge in [-0.05, 0) is 0 Å². The van der Waals surface area contributed by atoms with Crippen molar-refractivity contribution in [2.75, 3.05) is 51.6 Å². The normalized spacial score (nSPS) is 18.4. The minimum absolute atomic E-state index is 0.109. The molecule has 0 aromatic rings. The average Bonchev–Trinajstić information content (AvgIpc) is 2.41. The number of rotatable bonds is 7. The molecule has 8 nitrogen and oxygen atoms in total. The van der Waals surface area contributed by atoms with Crippen molar-refractivity contribution in [3.8, 4) is 0 Å². The topological polar surface area (TPSA) is 99.2 Å². The molecule has 0 N–H and O–H groups in total. The first-order valence-electron chi connectivity index (χ1n) is 6.16. The van der Waals surface area contributed by atoms with Gasteiger partial charge in [-0.25, -0.2) is 13.2 Å². The fourth-order valence-electron chi connectivity index (χ4n) is 1.60. The minimum atomic E-state index is -2.92. The fraction of sp³-hybridized carbons (Fsp3) is 0.818. The summed E-state index contributed by atoms with van der Waals surface area (Å²) in [5.41, 5.74) is 0. The van der Waals surface area contributed by atoms with Crippen LogP contribution in [0.25, 0.3) is 0 Å². The van der Waals surface area contributed by atoms with Gasteiger partial charge in [0.1, 0.15) is 0 Å². The predicted octanol–water partition coefficient (Wildman–Crippen LogP) is -1.20. The van der Waals surface area contributed by atoms with Crippen molar-refractivity contribution in [1.29, 1.82) is 0 Å².